The monoisotopic (exact) mass is 389 g/mol. The molecule has 0 radical (unpaired) electrons. The van der Waals surface area contributed by atoms with Crippen molar-refractivity contribution in [2.45, 2.75) is 44.1 Å². The second-order valence-corrected chi connectivity index (χ2v) is 7.54. The highest BCUT2D eigenvalue weighted by Gasteiger charge is 2.51. The van der Waals surface area contributed by atoms with Gasteiger partial charge in [-0.05, 0) is 68.0 Å². The van der Waals surface area contributed by atoms with Crippen molar-refractivity contribution < 1.29 is 9.18 Å². The highest BCUT2D eigenvalue weighted by atomic mass is 79.9. The van der Waals surface area contributed by atoms with Gasteiger partial charge < -0.3 is 5.32 Å². The number of benzene rings is 2. The summed E-state index contributed by atoms with van der Waals surface area (Å²) in [6.45, 7) is 2.04. The van der Waals surface area contributed by atoms with Crippen molar-refractivity contribution in [1.29, 1.82) is 0 Å². The van der Waals surface area contributed by atoms with E-state index in [1.807, 2.05) is 19.1 Å². The van der Waals surface area contributed by atoms with Crippen LogP contribution in [0, 0.1) is 5.82 Å². The lowest BCUT2D eigenvalue weighted by molar-refractivity contribution is -0.124. The molecule has 2 nitrogen and oxygen atoms in total. The van der Waals surface area contributed by atoms with Crippen LogP contribution in [0.4, 0.5) is 4.39 Å². The number of hydrogen-bond acceptors (Lipinski definition) is 1. The number of carbonyl (C=O) groups excluding carboxylic acids is 1. The lowest BCUT2D eigenvalue weighted by Gasteiger charge is -2.20. The molecule has 1 atom stereocenters. The van der Waals surface area contributed by atoms with Crippen LogP contribution in [0.2, 0.25) is 0 Å². The Morgan fingerprint density at radius 1 is 1.17 bits per heavy atom. The molecule has 1 amide bonds. The van der Waals surface area contributed by atoms with E-state index in [-0.39, 0.29) is 17.8 Å². The van der Waals surface area contributed by atoms with Crippen molar-refractivity contribution in [2.75, 3.05) is 0 Å². The smallest absolute Gasteiger partial charge is 0.230 e. The fraction of sp³-hybridized carbons (Fsp3) is 0.350. The standard InChI is InChI=1S/C20H21BrFNO/c1-14(2-3-15-4-8-17(21)9-5-15)23-19(24)20(12-13-20)16-6-10-18(22)11-7-16/h4-11,14H,2-3,12-13H2,1H3,(H,23,24). The summed E-state index contributed by atoms with van der Waals surface area (Å²) in [6, 6.07) is 14.7. The average molecular weight is 390 g/mol. The number of hydrogen-bond donors (Lipinski definition) is 1. The van der Waals surface area contributed by atoms with Crippen LogP contribution in [-0.2, 0) is 16.6 Å². The zero-order valence-electron chi connectivity index (χ0n) is 13.7. The first-order chi connectivity index (χ1) is 11.5. The highest BCUT2D eigenvalue weighted by Crippen LogP contribution is 2.48. The van der Waals surface area contributed by atoms with Crippen LogP contribution in [0.5, 0.6) is 0 Å². The van der Waals surface area contributed by atoms with E-state index in [4.69, 9.17) is 0 Å². The number of halogens is 2. The normalized spacial score (nSPS) is 16.5. The summed E-state index contributed by atoms with van der Waals surface area (Å²) < 4.78 is 14.2. The number of aryl methyl sites for hydroxylation is 1. The van der Waals surface area contributed by atoms with Crippen LogP contribution in [0.25, 0.3) is 0 Å². The summed E-state index contributed by atoms with van der Waals surface area (Å²) >= 11 is 3.43. The Labute approximate surface area is 150 Å². The van der Waals surface area contributed by atoms with Crippen molar-refractivity contribution >= 4 is 21.8 Å². The number of rotatable bonds is 6. The van der Waals surface area contributed by atoms with Crippen molar-refractivity contribution in [2.24, 2.45) is 0 Å². The second-order valence-electron chi connectivity index (χ2n) is 6.63. The molecule has 1 unspecified atom stereocenters. The molecular formula is C20H21BrFNO. The Bertz CT molecular complexity index is 707. The van der Waals surface area contributed by atoms with Crippen LogP contribution in [0.1, 0.15) is 37.3 Å². The minimum absolute atomic E-state index is 0.0671. The number of amides is 1. The van der Waals surface area contributed by atoms with Gasteiger partial charge in [-0.3, -0.25) is 4.79 Å². The van der Waals surface area contributed by atoms with Crippen molar-refractivity contribution in [3.8, 4) is 0 Å². The van der Waals surface area contributed by atoms with Gasteiger partial charge in [0.15, 0.2) is 0 Å². The quantitative estimate of drug-likeness (QED) is 0.757. The predicted molar refractivity (Wildman–Crippen MR) is 97.4 cm³/mol. The maximum Gasteiger partial charge on any atom is 0.230 e. The minimum atomic E-state index is -0.445. The van der Waals surface area contributed by atoms with Crippen molar-refractivity contribution in [3.63, 3.8) is 0 Å². The van der Waals surface area contributed by atoms with Gasteiger partial charge in [0.05, 0.1) is 5.41 Å². The minimum Gasteiger partial charge on any atom is -0.353 e. The van der Waals surface area contributed by atoms with E-state index in [2.05, 4.69) is 33.4 Å². The third-order valence-electron chi connectivity index (χ3n) is 4.74. The van der Waals surface area contributed by atoms with Gasteiger partial charge >= 0.3 is 0 Å². The molecule has 0 aromatic heterocycles. The number of carbonyl (C=O) groups is 1. The molecule has 1 N–H and O–H groups in total. The van der Waals surface area contributed by atoms with Crippen LogP contribution >= 0.6 is 15.9 Å². The van der Waals surface area contributed by atoms with Crippen LogP contribution in [0.15, 0.2) is 53.0 Å². The fourth-order valence-corrected chi connectivity index (χ4v) is 3.27. The molecule has 4 heteroatoms. The molecule has 0 bridgehead atoms. The first-order valence-electron chi connectivity index (χ1n) is 8.31. The average Bonchev–Trinajstić information content (AvgIpc) is 3.37. The molecule has 1 fully saturated rings. The number of nitrogens with one attached hydrogen (secondary N) is 1. The molecule has 2 aromatic rings. The SMILES string of the molecule is CC(CCc1ccc(Br)cc1)NC(=O)C1(c2ccc(F)cc2)CC1. The predicted octanol–water partition coefficient (Wildman–Crippen LogP) is 4.76. The molecule has 0 aliphatic heterocycles. The topological polar surface area (TPSA) is 29.1 Å². The third-order valence-corrected chi connectivity index (χ3v) is 5.27. The Morgan fingerprint density at radius 2 is 1.79 bits per heavy atom. The molecule has 24 heavy (non-hydrogen) atoms. The first-order valence-corrected chi connectivity index (χ1v) is 9.10. The highest BCUT2D eigenvalue weighted by molar-refractivity contribution is 9.10. The van der Waals surface area contributed by atoms with Gasteiger partial charge in [0.25, 0.3) is 0 Å². The molecule has 1 saturated carbocycles. The van der Waals surface area contributed by atoms with Crippen molar-refractivity contribution in [3.05, 3.63) is 69.9 Å². The fourth-order valence-electron chi connectivity index (χ4n) is 3.01. The van der Waals surface area contributed by atoms with Crippen LogP contribution in [-0.4, -0.2) is 11.9 Å². The lowest BCUT2D eigenvalue weighted by Crippen LogP contribution is -2.40. The van der Waals surface area contributed by atoms with Gasteiger partial charge in [-0.15, -0.1) is 0 Å². The summed E-state index contributed by atoms with van der Waals surface area (Å²) in [5.41, 5.74) is 1.74. The second kappa shape index (κ2) is 7.06. The third kappa shape index (κ3) is 3.86. The molecule has 3 rings (SSSR count). The van der Waals surface area contributed by atoms with E-state index >= 15 is 0 Å². The maximum atomic E-state index is 13.1. The van der Waals surface area contributed by atoms with Gasteiger partial charge in [-0.25, -0.2) is 4.39 Å². The van der Waals surface area contributed by atoms with Gasteiger partial charge in [-0.1, -0.05) is 40.2 Å². The van der Waals surface area contributed by atoms with Gasteiger partial charge in [0, 0.05) is 10.5 Å². The van der Waals surface area contributed by atoms with Gasteiger partial charge in [0.2, 0.25) is 5.91 Å². The Balaban J connectivity index is 1.56. The molecule has 0 saturated heterocycles. The first kappa shape index (κ1) is 17.2. The Morgan fingerprint density at radius 3 is 2.38 bits per heavy atom. The summed E-state index contributed by atoms with van der Waals surface area (Å²) in [7, 11) is 0. The Kier molecular flexibility index (Phi) is 5.04. The largest absolute Gasteiger partial charge is 0.353 e. The molecule has 2 aromatic carbocycles. The van der Waals surface area contributed by atoms with E-state index in [9.17, 15) is 9.18 Å². The summed E-state index contributed by atoms with van der Waals surface area (Å²) in [5.74, 6) is -0.199. The van der Waals surface area contributed by atoms with E-state index in [0.29, 0.717) is 0 Å². The van der Waals surface area contributed by atoms with E-state index < -0.39 is 5.41 Å². The van der Waals surface area contributed by atoms with E-state index in [1.165, 1.54) is 17.7 Å². The Hall–Kier alpha value is -1.68. The van der Waals surface area contributed by atoms with Crippen LogP contribution < -0.4 is 5.32 Å². The summed E-state index contributed by atoms with van der Waals surface area (Å²) in [4.78, 5) is 12.7. The molecule has 0 spiro atoms. The van der Waals surface area contributed by atoms with Gasteiger partial charge in [-0.2, -0.15) is 0 Å². The zero-order chi connectivity index (χ0) is 17.2. The van der Waals surface area contributed by atoms with E-state index in [0.717, 1.165) is 35.7 Å². The zero-order valence-corrected chi connectivity index (χ0v) is 15.3. The van der Waals surface area contributed by atoms with Crippen LogP contribution in [0.3, 0.4) is 0 Å². The summed E-state index contributed by atoms with van der Waals surface area (Å²) in [5, 5.41) is 3.14. The molecule has 1 aliphatic carbocycles. The van der Waals surface area contributed by atoms with Crippen molar-refractivity contribution in [1.82, 2.24) is 5.32 Å². The molecule has 1 aliphatic rings. The maximum absolute atomic E-state index is 13.1. The summed E-state index contributed by atoms with van der Waals surface area (Å²) in [6.07, 6.45) is 3.50. The van der Waals surface area contributed by atoms with E-state index in [1.54, 1.807) is 12.1 Å². The molecule has 126 valence electrons. The van der Waals surface area contributed by atoms with Gasteiger partial charge in [0.1, 0.15) is 5.82 Å². The lowest BCUT2D eigenvalue weighted by atomic mass is 9.94. The molecular weight excluding hydrogens is 369 g/mol. The molecule has 0 heterocycles.